The van der Waals surface area contributed by atoms with Crippen LogP contribution in [0.5, 0.6) is 0 Å². The van der Waals surface area contributed by atoms with E-state index in [1.54, 1.807) is 24.3 Å². The number of fused-ring (bicyclic) bond motifs is 1. The summed E-state index contributed by atoms with van der Waals surface area (Å²) in [5.41, 5.74) is -0.693. The van der Waals surface area contributed by atoms with Gasteiger partial charge < -0.3 is 10.2 Å². The number of nitrogens with one attached hydrogen (secondary N) is 1. The molecule has 1 N–H and O–H groups in total. The van der Waals surface area contributed by atoms with E-state index in [9.17, 15) is 22.8 Å². The molecule has 1 saturated heterocycles. The van der Waals surface area contributed by atoms with Crippen LogP contribution in [0.15, 0.2) is 58.5 Å². The first kappa shape index (κ1) is 25.2. The third-order valence-corrected chi connectivity index (χ3v) is 6.93. The molecule has 1 aliphatic rings. The van der Waals surface area contributed by atoms with Crippen LogP contribution in [0.1, 0.15) is 31.2 Å². The molecule has 1 fully saturated rings. The number of alkyl halides is 3. The smallest absolute Gasteiger partial charge is 0.355 e. The average Bonchev–Trinajstić information content (AvgIpc) is 3.35. The molecular formula is C25H27F3N4O2S. The highest BCUT2D eigenvalue weighted by Crippen LogP contribution is 2.31. The minimum absolute atomic E-state index is 0.0356. The molecule has 2 heterocycles. The van der Waals surface area contributed by atoms with Gasteiger partial charge in [0.05, 0.1) is 22.2 Å². The standard InChI is InChI=1S/C25H27F3N4O2S/c26-25(27,28)18-7-5-8-19(17-18)32-23(34)20-9-1-2-10-21(20)30-24(32)35-16-6-11-22(33)29-12-15-31-13-3-4-14-31/h1-2,5,7-10,17H,3-4,6,11-16H2,(H,29,33). The maximum Gasteiger partial charge on any atom is 0.416 e. The number of carbonyl (C=O) groups is 1. The van der Waals surface area contributed by atoms with Gasteiger partial charge in [0.1, 0.15) is 0 Å². The van der Waals surface area contributed by atoms with Crippen molar-refractivity contribution in [1.29, 1.82) is 0 Å². The number of hydrogen-bond acceptors (Lipinski definition) is 5. The van der Waals surface area contributed by atoms with Gasteiger partial charge in [-0.2, -0.15) is 13.2 Å². The summed E-state index contributed by atoms with van der Waals surface area (Å²) in [4.78, 5) is 32.3. The van der Waals surface area contributed by atoms with E-state index in [2.05, 4.69) is 15.2 Å². The Labute approximate surface area is 205 Å². The molecule has 0 atom stereocenters. The second-order valence-corrected chi connectivity index (χ2v) is 9.51. The summed E-state index contributed by atoms with van der Waals surface area (Å²) in [5, 5.41) is 3.55. The minimum atomic E-state index is -4.53. The van der Waals surface area contributed by atoms with Gasteiger partial charge in [0.15, 0.2) is 5.16 Å². The van der Waals surface area contributed by atoms with Gasteiger partial charge >= 0.3 is 6.18 Å². The Hall–Kier alpha value is -2.85. The number of thioether (sulfide) groups is 1. The number of aromatic nitrogens is 2. The van der Waals surface area contributed by atoms with Gasteiger partial charge in [-0.25, -0.2) is 4.98 Å². The van der Waals surface area contributed by atoms with E-state index in [-0.39, 0.29) is 11.6 Å². The van der Waals surface area contributed by atoms with Gasteiger partial charge in [0.25, 0.3) is 5.56 Å². The zero-order valence-electron chi connectivity index (χ0n) is 19.2. The Balaban J connectivity index is 1.46. The molecule has 0 unspecified atom stereocenters. The van der Waals surface area contributed by atoms with Crippen LogP contribution in [-0.4, -0.2) is 52.3 Å². The van der Waals surface area contributed by atoms with Crippen molar-refractivity contribution in [2.24, 2.45) is 0 Å². The summed E-state index contributed by atoms with van der Waals surface area (Å²) >= 11 is 1.25. The Morgan fingerprint density at radius 1 is 1.09 bits per heavy atom. The zero-order chi connectivity index (χ0) is 24.8. The third-order valence-electron chi connectivity index (χ3n) is 5.90. The van der Waals surface area contributed by atoms with E-state index in [4.69, 9.17) is 0 Å². The summed E-state index contributed by atoms with van der Waals surface area (Å²) in [6.45, 7) is 3.63. The summed E-state index contributed by atoms with van der Waals surface area (Å²) in [6, 6.07) is 11.4. The first-order valence-corrected chi connectivity index (χ1v) is 12.6. The van der Waals surface area contributed by atoms with E-state index >= 15 is 0 Å². The van der Waals surface area contributed by atoms with Gasteiger partial charge in [-0.05, 0) is 62.7 Å². The molecule has 186 valence electrons. The molecule has 0 bridgehead atoms. The van der Waals surface area contributed by atoms with Crippen molar-refractivity contribution in [2.45, 2.75) is 37.0 Å². The number of para-hydroxylation sites is 1. The topological polar surface area (TPSA) is 67.2 Å². The quantitative estimate of drug-likeness (QED) is 0.264. The molecule has 0 radical (unpaired) electrons. The molecular weight excluding hydrogens is 477 g/mol. The van der Waals surface area contributed by atoms with E-state index in [1.165, 1.54) is 41.3 Å². The van der Waals surface area contributed by atoms with Crippen LogP contribution in [0.4, 0.5) is 13.2 Å². The van der Waals surface area contributed by atoms with Crippen molar-refractivity contribution in [1.82, 2.24) is 19.8 Å². The number of likely N-dealkylation sites (tertiary alicyclic amines) is 1. The fourth-order valence-corrected chi connectivity index (χ4v) is 5.05. The van der Waals surface area contributed by atoms with E-state index in [0.717, 1.165) is 31.8 Å². The lowest BCUT2D eigenvalue weighted by Crippen LogP contribution is -2.33. The number of amides is 1. The lowest BCUT2D eigenvalue weighted by atomic mass is 10.2. The number of carbonyl (C=O) groups excluding carboxylic acids is 1. The van der Waals surface area contributed by atoms with Crippen molar-refractivity contribution in [3.05, 3.63) is 64.4 Å². The normalized spacial score (nSPS) is 14.5. The highest BCUT2D eigenvalue weighted by atomic mass is 32.2. The molecule has 0 aliphatic carbocycles. The number of hydrogen-bond donors (Lipinski definition) is 1. The molecule has 3 aromatic rings. The maximum atomic E-state index is 13.3. The number of nitrogens with zero attached hydrogens (tertiary/aromatic N) is 3. The number of rotatable bonds is 9. The molecule has 4 rings (SSSR count). The first-order valence-electron chi connectivity index (χ1n) is 11.6. The monoisotopic (exact) mass is 504 g/mol. The van der Waals surface area contributed by atoms with Crippen molar-refractivity contribution >= 4 is 28.6 Å². The summed E-state index contributed by atoms with van der Waals surface area (Å²) in [5.74, 6) is 0.454. The van der Waals surface area contributed by atoms with Crippen LogP contribution in [-0.2, 0) is 11.0 Å². The summed E-state index contributed by atoms with van der Waals surface area (Å²) < 4.78 is 41.1. The van der Waals surface area contributed by atoms with Crippen LogP contribution < -0.4 is 10.9 Å². The van der Waals surface area contributed by atoms with Crippen LogP contribution in [0, 0.1) is 0 Å². The third kappa shape index (κ3) is 6.43. The molecule has 1 amide bonds. The fourth-order valence-electron chi connectivity index (χ4n) is 4.10. The second kappa shape index (κ2) is 11.3. The van der Waals surface area contributed by atoms with E-state index in [1.807, 2.05) is 0 Å². The van der Waals surface area contributed by atoms with Gasteiger partial charge in [-0.1, -0.05) is 30.0 Å². The van der Waals surface area contributed by atoms with E-state index in [0.29, 0.717) is 41.2 Å². The summed E-state index contributed by atoms with van der Waals surface area (Å²) in [6.07, 6.45) is -1.24. The van der Waals surface area contributed by atoms with E-state index < -0.39 is 17.3 Å². The number of benzene rings is 2. The minimum Gasteiger partial charge on any atom is -0.355 e. The lowest BCUT2D eigenvalue weighted by molar-refractivity contribution is -0.137. The van der Waals surface area contributed by atoms with Crippen LogP contribution >= 0.6 is 11.8 Å². The van der Waals surface area contributed by atoms with Gasteiger partial charge in [0, 0.05) is 25.3 Å². The molecule has 2 aromatic carbocycles. The van der Waals surface area contributed by atoms with Crippen LogP contribution in [0.3, 0.4) is 0 Å². The lowest BCUT2D eigenvalue weighted by Gasteiger charge is -2.15. The molecule has 1 aliphatic heterocycles. The highest BCUT2D eigenvalue weighted by molar-refractivity contribution is 7.99. The zero-order valence-corrected chi connectivity index (χ0v) is 20.0. The predicted molar refractivity (Wildman–Crippen MR) is 131 cm³/mol. The highest BCUT2D eigenvalue weighted by Gasteiger charge is 2.31. The Kier molecular flexibility index (Phi) is 8.12. The Morgan fingerprint density at radius 2 is 1.86 bits per heavy atom. The predicted octanol–water partition coefficient (Wildman–Crippen LogP) is 4.49. The molecule has 0 spiro atoms. The summed E-state index contributed by atoms with van der Waals surface area (Å²) in [7, 11) is 0. The van der Waals surface area contributed by atoms with Crippen LogP contribution in [0.25, 0.3) is 16.6 Å². The average molecular weight is 505 g/mol. The molecule has 1 aromatic heterocycles. The molecule has 0 saturated carbocycles. The molecule has 10 heteroatoms. The molecule has 35 heavy (non-hydrogen) atoms. The maximum absolute atomic E-state index is 13.3. The van der Waals surface area contributed by atoms with Crippen molar-refractivity contribution in [3.8, 4) is 5.69 Å². The first-order chi connectivity index (χ1) is 16.8. The largest absolute Gasteiger partial charge is 0.416 e. The van der Waals surface area contributed by atoms with Crippen molar-refractivity contribution < 1.29 is 18.0 Å². The second-order valence-electron chi connectivity index (χ2n) is 8.45. The SMILES string of the molecule is O=C(CCCSc1nc2ccccc2c(=O)n1-c1cccc(C(F)(F)F)c1)NCCN1CCCC1. The van der Waals surface area contributed by atoms with Gasteiger partial charge in [-0.3, -0.25) is 14.2 Å². The van der Waals surface area contributed by atoms with Crippen molar-refractivity contribution in [3.63, 3.8) is 0 Å². The van der Waals surface area contributed by atoms with Gasteiger partial charge in [0.2, 0.25) is 5.91 Å². The van der Waals surface area contributed by atoms with Gasteiger partial charge in [-0.15, -0.1) is 0 Å². The Bertz CT molecular complexity index is 1240. The van der Waals surface area contributed by atoms with Crippen LogP contribution in [0.2, 0.25) is 0 Å². The Morgan fingerprint density at radius 3 is 2.63 bits per heavy atom. The van der Waals surface area contributed by atoms with Crippen molar-refractivity contribution in [2.75, 3.05) is 31.9 Å². The molecule has 6 nitrogen and oxygen atoms in total. The fraction of sp³-hybridized carbons (Fsp3) is 0.400. The number of halogens is 3.